The van der Waals surface area contributed by atoms with Crippen molar-refractivity contribution in [1.82, 2.24) is 9.80 Å². The molecule has 2 amide bonds. The van der Waals surface area contributed by atoms with Crippen LogP contribution in [0.3, 0.4) is 0 Å². The van der Waals surface area contributed by atoms with Crippen LogP contribution in [-0.2, 0) is 14.4 Å². The molecular formula is C16H28N2O5. The Labute approximate surface area is 137 Å². The van der Waals surface area contributed by atoms with Crippen LogP contribution >= 0.6 is 0 Å². The van der Waals surface area contributed by atoms with Crippen molar-refractivity contribution < 1.29 is 24.6 Å². The van der Waals surface area contributed by atoms with Gasteiger partial charge in [0.15, 0.2) is 5.60 Å². The van der Waals surface area contributed by atoms with E-state index in [2.05, 4.69) is 0 Å². The van der Waals surface area contributed by atoms with Crippen LogP contribution in [0, 0.1) is 0 Å². The lowest BCUT2D eigenvalue weighted by atomic mass is 9.91. The van der Waals surface area contributed by atoms with Crippen LogP contribution < -0.4 is 0 Å². The van der Waals surface area contributed by atoms with Crippen molar-refractivity contribution >= 4 is 17.8 Å². The zero-order chi connectivity index (χ0) is 17.5. The minimum Gasteiger partial charge on any atom is -0.479 e. The van der Waals surface area contributed by atoms with E-state index >= 15 is 0 Å². The summed E-state index contributed by atoms with van der Waals surface area (Å²) in [6, 6.07) is 0. The average Bonchev–Trinajstić information content (AvgIpc) is 2.52. The molecule has 7 heteroatoms. The Bertz CT molecular complexity index is 424. The van der Waals surface area contributed by atoms with Gasteiger partial charge in [-0.3, -0.25) is 9.59 Å². The second kappa shape index (κ2) is 8.86. The van der Waals surface area contributed by atoms with Crippen molar-refractivity contribution in [1.29, 1.82) is 0 Å². The van der Waals surface area contributed by atoms with Crippen molar-refractivity contribution in [3.05, 3.63) is 0 Å². The van der Waals surface area contributed by atoms with Gasteiger partial charge in [-0.15, -0.1) is 0 Å². The van der Waals surface area contributed by atoms with Gasteiger partial charge < -0.3 is 20.0 Å². The highest BCUT2D eigenvalue weighted by Gasteiger charge is 2.40. The molecule has 1 fully saturated rings. The number of piperidine rings is 1. The minimum atomic E-state index is -1.73. The van der Waals surface area contributed by atoms with Crippen LogP contribution in [0.5, 0.6) is 0 Å². The number of carbonyl (C=O) groups excluding carboxylic acids is 2. The number of aliphatic hydroxyl groups is 1. The zero-order valence-electron chi connectivity index (χ0n) is 14.1. The molecular weight excluding hydrogens is 300 g/mol. The van der Waals surface area contributed by atoms with Crippen LogP contribution in [-0.4, -0.2) is 69.6 Å². The fraction of sp³-hybridized carbons (Fsp3) is 0.812. The predicted octanol–water partition coefficient (Wildman–Crippen LogP) is 0.853. The second-order valence-corrected chi connectivity index (χ2v) is 6.10. The summed E-state index contributed by atoms with van der Waals surface area (Å²) < 4.78 is 0. The van der Waals surface area contributed by atoms with Gasteiger partial charge in [0, 0.05) is 51.9 Å². The summed E-state index contributed by atoms with van der Waals surface area (Å²) in [4.78, 5) is 38.6. The second-order valence-electron chi connectivity index (χ2n) is 6.10. The minimum absolute atomic E-state index is 0.0129. The average molecular weight is 328 g/mol. The number of likely N-dealkylation sites (tertiary alicyclic amines) is 1. The molecule has 1 aliphatic rings. The number of rotatable bonds is 8. The Morgan fingerprint density at radius 2 is 1.57 bits per heavy atom. The quantitative estimate of drug-likeness (QED) is 0.688. The number of nitrogens with zero attached hydrogens (tertiary/aromatic N) is 2. The number of amides is 2. The molecule has 1 heterocycles. The highest BCUT2D eigenvalue weighted by Crippen LogP contribution is 2.23. The lowest BCUT2D eigenvalue weighted by molar-refractivity contribution is -0.165. The van der Waals surface area contributed by atoms with E-state index in [4.69, 9.17) is 5.11 Å². The molecule has 1 rings (SSSR count). The molecule has 0 spiro atoms. The number of aliphatic carboxylic acids is 1. The monoisotopic (exact) mass is 328 g/mol. The number of hydrogen-bond acceptors (Lipinski definition) is 4. The molecule has 0 radical (unpaired) electrons. The maximum Gasteiger partial charge on any atom is 0.335 e. The topological polar surface area (TPSA) is 98.2 Å². The van der Waals surface area contributed by atoms with Gasteiger partial charge in [0.2, 0.25) is 11.8 Å². The third-order valence-corrected chi connectivity index (χ3v) is 4.23. The Kier molecular flexibility index (Phi) is 7.48. The Hall–Kier alpha value is -1.63. The molecule has 132 valence electrons. The Morgan fingerprint density at radius 3 is 2.00 bits per heavy atom. The van der Waals surface area contributed by atoms with Crippen LogP contribution in [0.1, 0.15) is 52.4 Å². The molecule has 7 nitrogen and oxygen atoms in total. The zero-order valence-corrected chi connectivity index (χ0v) is 14.1. The van der Waals surface area contributed by atoms with Gasteiger partial charge in [-0.05, 0) is 12.8 Å². The van der Waals surface area contributed by atoms with Gasteiger partial charge >= 0.3 is 5.97 Å². The van der Waals surface area contributed by atoms with E-state index in [1.165, 1.54) is 4.90 Å². The third-order valence-electron chi connectivity index (χ3n) is 4.23. The molecule has 1 aliphatic heterocycles. The molecule has 0 aromatic heterocycles. The van der Waals surface area contributed by atoms with Crippen molar-refractivity contribution in [2.75, 3.05) is 26.2 Å². The van der Waals surface area contributed by atoms with Gasteiger partial charge in [-0.1, -0.05) is 13.8 Å². The molecule has 0 unspecified atom stereocenters. The number of carboxylic acid groups (broad SMARTS) is 1. The van der Waals surface area contributed by atoms with E-state index in [1.54, 1.807) is 4.90 Å². The van der Waals surface area contributed by atoms with Crippen molar-refractivity contribution in [3.63, 3.8) is 0 Å². The Morgan fingerprint density at radius 1 is 1.04 bits per heavy atom. The predicted molar refractivity (Wildman–Crippen MR) is 84.8 cm³/mol. The van der Waals surface area contributed by atoms with Crippen molar-refractivity contribution in [3.8, 4) is 0 Å². The summed E-state index contributed by atoms with van der Waals surface area (Å²) in [5.41, 5.74) is -1.73. The molecule has 0 saturated carbocycles. The first kappa shape index (κ1) is 19.4. The van der Waals surface area contributed by atoms with Gasteiger partial charge in [-0.2, -0.15) is 0 Å². The molecule has 0 atom stereocenters. The first-order valence-corrected chi connectivity index (χ1v) is 8.35. The molecule has 2 N–H and O–H groups in total. The fourth-order valence-corrected chi connectivity index (χ4v) is 2.77. The first-order valence-electron chi connectivity index (χ1n) is 8.35. The van der Waals surface area contributed by atoms with E-state index in [9.17, 15) is 19.5 Å². The van der Waals surface area contributed by atoms with Gasteiger partial charge in [0.05, 0.1) is 0 Å². The van der Waals surface area contributed by atoms with Crippen LogP contribution in [0.25, 0.3) is 0 Å². The van der Waals surface area contributed by atoms with E-state index in [1.807, 2.05) is 13.8 Å². The smallest absolute Gasteiger partial charge is 0.335 e. The lowest BCUT2D eigenvalue weighted by Gasteiger charge is -2.35. The van der Waals surface area contributed by atoms with Crippen LogP contribution in [0.2, 0.25) is 0 Å². The number of hydrogen-bond donors (Lipinski definition) is 2. The summed E-state index contributed by atoms with van der Waals surface area (Å²) in [5, 5.41) is 18.8. The molecule has 0 bridgehead atoms. The maximum atomic E-state index is 12.1. The first-order chi connectivity index (χ1) is 10.8. The molecule has 0 aromatic rings. The summed E-state index contributed by atoms with van der Waals surface area (Å²) in [6.07, 6.45) is 2.14. The van der Waals surface area contributed by atoms with E-state index in [-0.39, 0.29) is 50.6 Å². The normalized spacial score (nSPS) is 16.9. The molecule has 0 aromatic carbocycles. The third kappa shape index (κ3) is 5.49. The summed E-state index contributed by atoms with van der Waals surface area (Å²) in [6.45, 7) is 5.86. The molecule has 23 heavy (non-hydrogen) atoms. The van der Waals surface area contributed by atoms with E-state index in [0.717, 1.165) is 12.8 Å². The van der Waals surface area contributed by atoms with Gasteiger partial charge in [0.1, 0.15) is 0 Å². The SMILES string of the molecule is CCCN(CCC)C(=O)CCC(=O)N1CCC(O)(C(=O)O)CC1. The Balaban J connectivity index is 2.42. The summed E-state index contributed by atoms with van der Waals surface area (Å²) in [7, 11) is 0. The largest absolute Gasteiger partial charge is 0.479 e. The molecule has 1 saturated heterocycles. The molecule has 0 aliphatic carbocycles. The van der Waals surface area contributed by atoms with Gasteiger partial charge in [0.25, 0.3) is 0 Å². The number of carbonyl (C=O) groups is 3. The van der Waals surface area contributed by atoms with E-state index < -0.39 is 11.6 Å². The lowest BCUT2D eigenvalue weighted by Crippen LogP contribution is -2.50. The van der Waals surface area contributed by atoms with Crippen LogP contribution in [0.15, 0.2) is 0 Å². The van der Waals surface area contributed by atoms with Crippen LogP contribution in [0.4, 0.5) is 0 Å². The van der Waals surface area contributed by atoms with Gasteiger partial charge in [-0.25, -0.2) is 4.79 Å². The van der Waals surface area contributed by atoms with E-state index in [0.29, 0.717) is 13.1 Å². The summed E-state index contributed by atoms with van der Waals surface area (Å²) in [5.74, 6) is -1.41. The summed E-state index contributed by atoms with van der Waals surface area (Å²) >= 11 is 0. The number of carboxylic acids is 1. The van der Waals surface area contributed by atoms with Crippen molar-refractivity contribution in [2.45, 2.75) is 58.0 Å². The highest BCUT2D eigenvalue weighted by molar-refractivity contribution is 5.84. The fourth-order valence-electron chi connectivity index (χ4n) is 2.77. The maximum absolute atomic E-state index is 12.1. The standard InChI is InChI=1S/C16H28N2O5/c1-3-9-17(10-4-2)13(19)5-6-14(20)18-11-7-16(23,8-12-18)15(21)22/h23H,3-12H2,1-2H3,(H,21,22). The van der Waals surface area contributed by atoms with Crippen molar-refractivity contribution in [2.24, 2.45) is 0 Å². The highest BCUT2D eigenvalue weighted by atomic mass is 16.4.